The Morgan fingerprint density at radius 1 is 1.35 bits per heavy atom. The normalized spacial score (nSPS) is 27.9. The van der Waals surface area contributed by atoms with Gasteiger partial charge in [0.15, 0.2) is 0 Å². The van der Waals surface area contributed by atoms with Crippen molar-refractivity contribution in [1.82, 2.24) is 9.97 Å². The van der Waals surface area contributed by atoms with Crippen LogP contribution in [0, 0.1) is 16.4 Å². The first-order valence-corrected chi connectivity index (χ1v) is 7.97. The maximum Gasteiger partial charge on any atom is 0.142 e. The number of hydrogen-bond donors (Lipinski definition) is 3. The molecule has 5 nitrogen and oxygen atoms in total. The number of aliphatic hydroxyl groups is 2. The van der Waals surface area contributed by atoms with E-state index >= 15 is 0 Å². The Morgan fingerprint density at radius 3 is 2.78 bits per heavy atom. The number of rotatable bonds is 3. The molecule has 3 rings (SSSR count). The quantitative estimate of drug-likeness (QED) is 0.750. The van der Waals surface area contributed by atoms with Gasteiger partial charge in [-0.15, -0.1) is 0 Å². The van der Waals surface area contributed by atoms with Gasteiger partial charge in [0.05, 0.1) is 12.3 Å². The highest BCUT2D eigenvalue weighted by Gasteiger charge is 2.43. The Morgan fingerprint density at radius 2 is 2.09 bits per heavy atom. The average Bonchev–Trinajstić information content (AvgIpc) is 2.75. The highest BCUT2D eigenvalue weighted by atomic mass is 32.1. The van der Waals surface area contributed by atoms with Crippen molar-refractivity contribution < 1.29 is 19.3 Å². The molecule has 0 aliphatic carbocycles. The van der Waals surface area contributed by atoms with Gasteiger partial charge < -0.3 is 19.9 Å². The molecule has 2 aromatic heterocycles. The molecule has 0 spiro atoms. The zero-order valence-corrected chi connectivity index (χ0v) is 13.7. The first-order chi connectivity index (χ1) is 10.9. The lowest BCUT2D eigenvalue weighted by Gasteiger charge is -2.16. The lowest BCUT2D eigenvalue weighted by molar-refractivity contribution is -0.00333. The van der Waals surface area contributed by atoms with Gasteiger partial charge in [0, 0.05) is 10.9 Å². The third-order valence-electron chi connectivity index (χ3n) is 4.06. The van der Waals surface area contributed by atoms with Crippen LogP contribution in [-0.2, 0) is 4.74 Å². The van der Waals surface area contributed by atoms with Crippen LogP contribution in [0.5, 0.6) is 0 Å². The van der Waals surface area contributed by atoms with E-state index in [1.807, 2.05) is 13.8 Å². The van der Waals surface area contributed by atoms with Crippen molar-refractivity contribution >= 4 is 23.3 Å². The predicted molar refractivity (Wildman–Crippen MR) is 86.0 cm³/mol. The van der Waals surface area contributed by atoms with Crippen molar-refractivity contribution in [3.8, 4) is 0 Å². The van der Waals surface area contributed by atoms with Gasteiger partial charge in [-0.25, -0.2) is 9.37 Å². The first kappa shape index (κ1) is 16.4. The van der Waals surface area contributed by atoms with E-state index in [4.69, 9.17) is 17.0 Å². The number of halogens is 1. The van der Waals surface area contributed by atoms with Crippen molar-refractivity contribution in [2.24, 2.45) is 5.92 Å². The lowest BCUT2D eigenvalue weighted by Crippen LogP contribution is -2.31. The Hall–Kier alpha value is -1.41. The topological polar surface area (TPSA) is 78.4 Å². The second-order valence-corrected chi connectivity index (χ2v) is 6.76. The number of H-pyrrole nitrogens is 1. The molecule has 1 aliphatic heterocycles. The fourth-order valence-electron chi connectivity index (χ4n) is 2.96. The number of nitrogens with zero attached hydrogens (tertiary/aromatic N) is 1. The van der Waals surface area contributed by atoms with E-state index in [1.54, 1.807) is 6.07 Å². The van der Waals surface area contributed by atoms with Crippen LogP contribution in [0.15, 0.2) is 18.3 Å². The van der Waals surface area contributed by atoms with Gasteiger partial charge in [-0.2, -0.15) is 0 Å². The van der Waals surface area contributed by atoms with Crippen LogP contribution < -0.4 is 0 Å². The lowest BCUT2D eigenvalue weighted by atomic mass is 9.98. The van der Waals surface area contributed by atoms with E-state index < -0.39 is 30.2 Å². The molecule has 0 bridgehead atoms. The van der Waals surface area contributed by atoms with Gasteiger partial charge >= 0.3 is 0 Å². The molecule has 1 aliphatic rings. The van der Waals surface area contributed by atoms with Gasteiger partial charge in [0.1, 0.15) is 34.4 Å². The van der Waals surface area contributed by atoms with E-state index in [9.17, 15) is 14.6 Å². The van der Waals surface area contributed by atoms with Gasteiger partial charge in [0.2, 0.25) is 0 Å². The van der Waals surface area contributed by atoms with Gasteiger partial charge in [-0.05, 0) is 24.5 Å². The molecule has 3 heterocycles. The van der Waals surface area contributed by atoms with Crippen molar-refractivity contribution in [2.75, 3.05) is 0 Å². The Labute approximate surface area is 138 Å². The van der Waals surface area contributed by atoms with Crippen molar-refractivity contribution in [1.29, 1.82) is 0 Å². The van der Waals surface area contributed by atoms with Crippen molar-refractivity contribution in [3.63, 3.8) is 0 Å². The number of aromatic nitrogens is 2. The number of pyridine rings is 2. The standard InChI is InChI=1S/C16H19FN2O3S/c1-7(2)3-11-12(20)13(21)14(22-11)10-5-8-4-9(17)6-18-15(8)19-16(10)23/h4-7,11-14,20-21H,3H2,1-2H3,(H,18,19,23)/t11-,12?,13?,14+/m1/s1. The zero-order chi connectivity index (χ0) is 16.7. The van der Waals surface area contributed by atoms with Crippen molar-refractivity contribution in [3.05, 3.63) is 34.4 Å². The molecule has 0 radical (unpaired) electrons. The number of aliphatic hydroxyl groups excluding tert-OH is 2. The van der Waals surface area contributed by atoms with Gasteiger partial charge in [0.25, 0.3) is 0 Å². The van der Waals surface area contributed by atoms with Crippen LogP contribution >= 0.6 is 12.2 Å². The molecule has 3 N–H and O–H groups in total. The summed E-state index contributed by atoms with van der Waals surface area (Å²) in [6.07, 6.45) is -1.51. The molecular weight excluding hydrogens is 319 g/mol. The Balaban J connectivity index is 1.99. The second-order valence-electron chi connectivity index (χ2n) is 6.35. The summed E-state index contributed by atoms with van der Waals surface area (Å²) in [6.45, 7) is 4.04. The van der Waals surface area contributed by atoms with Gasteiger partial charge in [-0.1, -0.05) is 26.1 Å². The fourth-order valence-corrected chi connectivity index (χ4v) is 3.23. The predicted octanol–water partition coefficient (Wildman–Crippen LogP) is 2.64. The molecule has 23 heavy (non-hydrogen) atoms. The van der Waals surface area contributed by atoms with Crippen LogP contribution in [-0.4, -0.2) is 38.5 Å². The van der Waals surface area contributed by atoms with Crippen molar-refractivity contribution in [2.45, 2.75) is 44.7 Å². The maximum absolute atomic E-state index is 13.4. The van der Waals surface area contributed by atoms with E-state index in [-0.39, 0.29) is 0 Å². The van der Waals surface area contributed by atoms with E-state index in [0.717, 1.165) is 6.20 Å². The molecule has 1 saturated heterocycles. The molecule has 2 unspecified atom stereocenters. The third kappa shape index (κ3) is 3.14. The van der Waals surface area contributed by atoms with Crippen LogP contribution in [0.25, 0.3) is 11.0 Å². The van der Waals surface area contributed by atoms with Crippen LogP contribution in [0.4, 0.5) is 4.39 Å². The second kappa shape index (κ2) is 6.24. The summed E-state index contributed by atoms with van der Waals surface area (Å²) in [5.74, 6) is -0.135. The summed E-state index contributed by atoms with van der Waals surface area (Å²) in [6, 6.07) is 2.99. The fraction of sp³-hybridized carbons (Fsp3) is 0.500. The first-order valence-electron chi connectivity index (χ1n) is 7.57. The summed E-state index contributed by atoms with van der Waals surface area (Å²) in [5.41, 5.74) is 0.990. The minimum atomic E-state index is -1.08. The summed E-state index contributed by atoms with van der Waals surface area (Å²) >= 11 is 5.30. The smallest absolute Gasteiger partial charge is 0.142 e. The number of fused-ring (bicyclic) bond motifs is 1. The van der Waals surface area contributed by atoms with E-state index in [2.05, 4.69) is 9.97 Å². The number of aromatic amines is 1. The minimum Gasteiger partial charge on any atom is -0.388 e. The summed E-state index contributed by atoms with van der Waals surface area (Å²) in [7, 11) is 0. The van der Waals surface area contributed by atoms with Crippen LogP contribution in [0.3, 0.4) is 0 Å². The molecule has 1 fully saturated rings. The third-order valence-corrected chi connectivity index (χ3v) is 4.40. The summed E-state index contributed by atoms with van der Waals surface area (Å²) in [4.78, 5) is 6.87. The summed E-state index contributed by atoms with van der Waals surface area (Å²) < 4.78 is 19.6. The zero-order valence-electron chi connectivity index (χ0n) is 12.9. The SMILES string of the molecule is CC(C)C[C@H]1O[C@@H](c2cc3cc(F)cnc3[nH]c2=S)C(O)C1O. The number of hydrogen-bond acceptors (Lipinski definition) is 5. The molecule has 2 aromatic rings. The molecule has 0 saturated carbocycles. The highest BCUT2D eigenvalue weighted by Crippen LogP contribution is 2.37. The summed E-state index contributed by atoms with van der Waals surface area (Å²) in [5, 5.41) is 21.0. The molecule has 4 atom stereocenters. The van der Waals surface area contributed by atoms with Gasteiger partial charge in [-0.3, -0.25) is 0 Å². The molecule has 7 heteroatoms. The Kier molecular flexibility index (Phi) is 4.46. The maximum atomic E-state index is 13.4. The average molecular weight is 338 g/mol. The largest absolute Gasteiger partial charge is 0.388 e. The monoisotopic (exact) mass is 338 g/mol. The van der Waals surface area contributed by atoms with Crippen LogP contribution in [0.1, 0.15) is 31.9 Å². The minimum absolute atomic E-state index is 0.324. The number of ether oxygens (including phenoxy) is 1. The molecular formula is C16H19FN2O3S. The molecule has 0 aromatic carbocycles. The van der Waals surface area contributed by atoms with E-state index in [1.165, 1.54) is 6.07 Å². The molecule has 124 valence electrons. The van der Waals surface area contributed by atoms with E-state index in [0.29, 0.717) is 33.6 Å². The Bertz CT molecular complexity index is 779. The van der Waals surface area contributed by atoms with Crippen LogP contribution in [0.2, 0.25) is 0 Å². The molecule has 0 amide bonds. The number of nitrogens with one attached hydrogen (secondary N) is 1. The highest BCUT2D eigenvalue weighted by molar-refractivity contribution is 7.71.